The van der Waals surface area contributed by atoms with Crippen molar-refractivity contribution in [1.82, 2.24) is 0 Å². The molecule has 2 amide bonds. The van der Waals surface area contributed by atoms with Gasteiger partial charge in [0.2, 0.25) is 5.91 Å². The average Bonchev–Trinajstić information content (AvgIpc) is 3.17. The van der Waals surface area contributed by atoms with Crippen molar-refractivity contribution in [1.29, 1.82) is 0 Å². The van der Waals surface area contributed by atoms with Crippen molar-refractivity contribution in [3.8, 4) is 17.2 Å². The molecule has 37 heavy (non-hydrogen) atoms. The quantitative estimate of drug-likeness (QED) is 0.281. The number of amides is 2. The maximum Gasteiger partial charge on any atom is 0.300 e. The number of ether oxygens (including phenoxy) is 3. The van der Waals surface area contributed by atoms with Crippen molar-refractivity contribution in [2.24, 2.45) is 0 Å². The van der Waals surface area contributed by atoms with E-state index in [0.717, 1.165) is 0 Å². The molecule has 0 radical (unpaired) electrons. The minimum Gasteiger partial charge on any atom is -0.507 e. The first-order chi connectivity index (χ1) is 17.8. The van der Waals surface area contributed by atoms with Crippen molar-refractivity contribution in [2.75, 3.05) is 31.5 Å². The van der Waals surface area contributed by atoms with Crippen LogP contribution in [0.2, 0.25) is 0 Å². The number of Topliss-reactive ketones (excluding diaryl/α,β-unsaturated/α-hetero) is 1. The van der Waals surface area contributed by atoms with Crippen LogP contribution in [0.4, 0.5) is 11.4 Å². The molecule has 1 heterocycles. The van der Waals surface area contributed by atoms with Gasteiger partial charge in [-0.1, -0.05) is 24.3 Å². The Morgan fingerprint density at radius 2 is 1.62 bits per heavy atom. The fraction of sp³-hybridized carbons (Fsp3) is 0.179. The summed E-state index contributed by atoms with van der Waals surface area (Å²) in [6, 6.07) is 17.2. The molecule has 1 aliphatic heterocycles. The Kier molecular flexibility index (Phi) is 7.15. The number of carbonyl (C=O) groups excluding carboxylic acids is 3. The molecule has 3 aromatic carbocycles. The van der Waals surface area contributed by atoms with Crippen molar-refractivity contribution >= 4 is 34.7 Å². The number of ketones is 1. The van der Waals surface area contributed by atoms with Crippen molar-refractivity contribution in [2.45, 2.75) is 13.0 Å². The van der Waals surface area contributed by atoms with E-state index in [-0.39, 0.29) is 22.8 Å². The maximum atomic E-state index is 13.5. The molecule has 9 heteroatoms. The van der Waals surface area contributed by atoms with Crippen LogP contribution in [-0.4, -0.2) is 44.0 Å². The number of hydrogen-bond donors (Lipinski definition) is 2. The number of methoxy groups -OCH3 is 3. The third-order valence-electron chi connectivity index (χ3n) is 5.99. The highest BCUT2D eigenvalue weighted by Gasteiger charge is 2.48. The third kappa shape index (κ3) is 4.71. The van der Waals surface area contributed by atoms with Gasteiger partial charge in [-0.05, 0) is 36.4 Å². The van der Waals surface area contributed by atoms with E-state index < -0.39 is 23.5 Å². The van der Waals surface area contributed by atoms with E-state index in [0.29, 0.717) is 28.4 Å². The SMILES string of the molecule is COc1ccc(/C(O)=C2\C(=O)C(=O)N(c3cccc(NC(C)=O)c3)C2c2ccccc2OC)c(OC)c1. The van der Waals surface area contributed by atoms with Gasteiger partial charge in [-0.3, -0.25) is 19.3 Å². The van der Waals surface area contributed by atoms with Gasteiger partial charge in [0.25, 0.3) is 11.7 Å². The number of aliphatic hydroxyl groups is 1. The molecule has 0 bridgehead atoms. The predicted molar refractivity (Wildman–Crippen MR) is 138 cm³/mol. The first-order valence-electron chi connectivity index (χ1n) is 11.3. The van der Waals surface area contributed by atoms with Gasteiger partial charge in [-0.25, -0.2) is 0 Å². The number of aliphatic hydroxyl groups excluding tert-OH is 1. The molecule has 4 rings (SSSR count). The van der Waals surface area contributed by atoms with Gasteiger partial charge >= 0.3 is 0 Å². The predicted octanol–water partition coefficient (Wildman–Crippen LogP) is 4.30. The fourth-order valence-electron chi connectivity index (χ4n) is 4.36. The molecule has 0 aromatic heterocycles. The topological polar surface area (TPSA) is 114 Å². The Bertz CT molecular complexity index is 1410. The standard InChI is InChI=1S/C28H26N2O7/c1-16(31)29-17-8-7-9-18(14-17)30-25(20-10-5-6-11-22(20)36-3)24(27(33)28(30)34)26(32)21-13-12-19(35-2)15-23(21)37-4/h5-15,25,32H,1-4H3,(H,29,31)/b26-24+. The molecular weight excluding hydrogens is 476 g/mol. The van der Waals surface area contributed by atoms with Gasteiger partial charge in [0.1, 0.15) is 23.0 Å². The Hall–Kier alpha value is -4.79. The van der Waals surface area contributed by atoms with Crippen molar-refractivity contribution in [3.63, 3.8) is 0 Å². The van der Waals surface area contributed by atoms with Crippen LogP contribution in [0, 0.1) is 0 Å². The molecule has 1 atom stereocenters. The molecule has 3 aromatic rings. The number of para-hydroxylation sites is 1. The largest absolute Gasteiger partial charge is 0.507 e. The highest BCUT2D eigenvalue weighted by Crippen LogP contribution is 2.46. The van der Waals surface area contributed by atoms with E-state index in [9.17, 15) is 19.5 Å². The monoisotopic (exact) mass is 502 g/mol. The molecule has 1 saturated heterocycles. The number of nitrogens with zero attached hydrogens (tertiary/aromatic N) is 1. The maximum absolute atomic E-state index is 13.5. The van der Waals surface area contributed by atoms with Crippen LogP contribution in [0.1, 0.15) is 24.1 Å². The summed E-state index contributed by atoms with van der Waals surface area (Å²) in [6.45, 7) is 1.37. The number of hydrogen-bond acceptors (Lipinski definition) is 7. The lowest BCUT2D eigenvalue weighted by Crippen LogP contribution is -2.29. The van der Waals surface area contributed by atoms with E-state index in [1.165, 1.54) is 33.2 Å². The summed E-state index contributed by atoms with van der Waals surface area (Å²) in [5.74, 6) is -1.24. The summed E-state index contributed by atoms with van der Waals surface area (Å²) in [5, 5.41) is 14.2. The minimum absolute atomic E-state index is 0.136. The van der Waals surface area contributed by atoms with E-state index in [1.807, 2.05) is 0 Å². The van der Waals surface area contributed by atoms with Gasteiger partial charge in [-0.15, -0.1) is 0 Å². The van der Waals surface area contributed by atoms with E-state index >= 15 is 0 Å². The molecule has 1 fully saturated rings. The van der Waals surface area contributed by atoms with Gasteiger partial charge in [0.05, 0.1) is 38.5 Å². The van der Waals surface area contributed by atoms with Crippen LogP contribution >= 0.6 is 0 Å². The van der Waals surface area contributed by atoms with Crippen LogP contribution in [0.5, 0.6) is 17.2 Å². The fourth-order valence-corrected chi connectivity index (χ4v) is 4.36. The van der Waals surface area contributed by atoms with Crippen LogP contribution in [0.15, 0.2) is 72.3 Å². The van der Waals surface area contributed by atoms with E-state index in [2.05, 4.69) is 5.32 Å². The summed E-state index contributed by atoms with van der Waals surface area (Å²) < 4.78 is 16.2. The summed E-state index contributed by atoms with van der Waals surface area (Å²) in [5.41, 5.74) is 1.37. The number of benzene rings is 3. The van der Waals surface area contributed by atoms with E-state index in [4.69, 9.17) is 14.2 Å². The zero-order valence-electron chi connectivity index (χ0n) is 20.8. The molecular formula is C28H26N2O7. The summed E-state index contributed by atoms with van der Waals surface area (Å²) in [4.78, 5) is 39.9. The number of anilines is 2. The van der Waals surface area contributed by atoms with Crippen molar-refractivity contribution < 1.29 is 33.7 Å². The second kappa shape index (κ2) is 10.4. The molecule has 0 aliphatic carbocycles. The molecule has 1 aliphatic rings. The first-order valence-corrected chi connectivity index (χ1v) is 11.3. The third-order valence-corrected chi connectivity index (χ3v) is 5.99. The molecule has 1 unspecified atom stereocenters. The lowest BCUT2D eigenvalue weighted by Gasteiger charge is -2.27. The molecule has 0 saturated carbocycles. The van der Waals surface area contributed by atoms with Crippen LogP contribution in [0.3, 0.4) is 0 Å². The number of nitrogens with one attached hydrogen (secondary N) is 1. The molecule has 2 N–H and O–H groups in total. The minimum atomic E-state index is -1.03. The summed E-state index contributed by atoms with van der Waals surface area (Å²) in [7, 11) is 4.40. The average molecular weight is 503 g/mol. The Morgan fingerprint density at radius 1 is 0.892 bits per heavy atom. The van der Waals surface area contributed by atoms with Gasteiger partial charge in [-0.2, -0.15) is 0 Å². The van der Waals surface area contributed by atoms with Crippen LogP contribution in [0.25, 0.3) is 5.76 Å². The molecule has 190 valence electrons. The number of rotatable bonds is 7. The zero-order chi connectivity index (χ0) is 26.7. The van der Waals surface area contributed by atoms with Crippen molar-refractivity contribution in [3.05, 3.63) is 83.4 Å². The molecule has 0 spiro atoms. The normalized spacial score (nSPS) is 16.4. The Balaban J connectivity index is 1.98. The Morgan fingerprint density at radius 3 is 2.30 bits per heavy atom. The lowest BCUT2D eigenvalue weighted by atomic mass is 9.94. The second-order valence-corrected chi connectivity index (χ2v) is 8.21. The highest BCUT2D eigenvalue weighted by atomic mass is 16.5. The smallest absolute Gasteiger partial charge is 0.300 e. The van der Waals surface area contributed by atoms with Gasteiger partial charge in [0.15, 0.2) is 0 Å². The lowest BCUT2D eigenvalue weighted by molar-refractivity contribution is -0.132. The molecule has 9 nitrogen and oxygen atoms in total. The highest BCUT2D eigenvalue weighted by molar-refractivity contribution is 6.51. The second-order valence-electron chi connectivity index (χ2n) is 8.21. The number of carbonyl (C=O) groups is 3. The summed E-state index contributed by atoms with van der Waals surface area (Å²) in [6.07, 6.45) is 0. The van der Waals surface area contributed by atoms with Gasteiger partial charge < -0.3 is 24.6 Å². The summed E-state index contributed by atoms with van der Waals surface area (Å²) >= 11 is 0. The van der Waals surface area contributed by atoms with Gasteiger partial charge in [0, 0.05) is 29.9 Å². The first kappa shape index (κ1) is 25.3. The Labute approximate surface area is 213 Å². The zero-order valence-corrected chi connectivity index (χ0v) is 20.8. The van der Waals surface area contributed by atoms with Crippen LogP contribution < -0.4 is 24.4 Å². The van der Waals surface area contributed by atoms with Crippen LogP contribution in [-0.2, 0) is 14.4 Å². The van der Waals surface area contributed by atoms with E-state index in [1.54, 1.807) is 66.7 Å².